The zero-order valence-electron chi connectivity index (χ0n) is 9.81. The maximum atomic E-state index is 11.8. The summed E-state index contributed by atoms with van der Waals surface area (Å²) in [6.45, 7) is 2.13. The molecule has 0 aromatic heterocycles. The van der Waals surface area contributed by atoms with Gasteiger partial charge in [-0.2, -0.15) is 0 Å². The molecule has 1 aliphatic rings. The topological polar surface area (TPSA) is 59.0 Å². The summed E-state index contributed by atoms with van der Waals surface area (Å²) in [7, 11) is 1.47. The molecule has 1 rings (SSSR count). The average molecular weight is 226 g/mol. The lowest BCUT2D eigenvalue weighted by Crippen LogP contribution is -2.45. The van der Waals surface area contributed by atoms with Gasteiger partial charge < -0.3 is 9.74 Å². The third-order valence-corrected chi connectivity index (χ3v) is 2.61. The predicted molar refractivity (Wildman–Crippen MR) is 60.2 cm³/mol. The molecule has 0 spiro atoms. The van der Waals surface area contributed by atoms with Gasteiger partial charge in [0.05, 0.1) is 18.7 Å². The number of piperidine rings is 1. The molecule has 1 amide bonds. The molecule has 0 radical (unpaired) electrons. The van der Waals surface area contributed by atoms with Crippen molar-refractivity contribution in [3.8, 4) is 0 Å². The molecule has 1 unspecified atom stereocenters. The van der Waals surface area contributed by atoms with Crippen molar-refractivity contribution in [3.63, 3.8) is 0 Å². The van der Waals surface area contributed by atoms with Gasteiger partial charge in [0.1, 0.15) is 12.9 Å². The fourth-order valence-electron chi connectivity index (χ4n) is 1.87. The Balaban J connectivity index is 2.62. The smallest absolute Gasteiger partial charge is 0.230 e. The van der Waals surface area contributed by atoms with Crippen molar-refractivity contribution in [2.45, 2.75) is 38.6 Å². The van der Waals surface area contributed by atoms with E-state index in [1.165, 1.54) is 14.0 Å². The molecule has 5 heteroatoms. The van der Waals surface area contributed by atoms with E-state index in [4.69, 9.17) is 0 Å². The van der Waals surface area contributed by atoms with Gasteiger partial charge in [0.25, 0.3) is 0 Å². The molecule has 0 saturated carbocycles. The van der Waals surface area contributed by atoms with E-state index < -0.39 is 0 Å². The van der Waals surface area contributed by atoms with Crippen LogP contribution in [0.25, 0.3) is 0 Å². The number of hydrogen-bond acceptors (Lipinski definition) is 4. The summed E-state index contributed by atoms with van der Waals surface area (Å²) in [4.78, 5) is 29.0. The molecular formula is C11H18N2O3. The van der Waals surface area contributed by atoms with Crippen LogP contribution < -0.4 is 0 Å². The zero-order valence-corrected chi connectivity index (χ0v) is 9.81. The van der Waals surface area contributed by atoms with Gasteiger partial charge in [-0.3, -0.25) is 9.59 Å². The summed E-state index contributed by atoms with van der Waals surface area (Å²) in [6, 6.07) is -0.0273. The van der Waals surface area contributed by atoms with Crippen LogP contribution in [0.4, 0.5) is 0 Å². The molecule has 0 aliphatic carbocycles. The lowest BCUT2D eigenvalue weighted by molar-refractivity contribution is -0.136. The summed E-state index contributed by atoms with van der Waals surface area (Å²) in [6.07, 6.45) is 4.57. The Hall–Kier alpha value is -1.39. The highest BCUT2D eigenvalue weighted by molar-refractivity contribution is 5.97. The van der Waals surface area contributed by atoms with Crippen LogP contribution in [0, 0.1) is 0 Å². The van der Waals surface area contributed by atoms with E-state index in [2.05, 4.69) is 9.99 Å². The molecule has 1 fully saturated rings. The molecule has 1 saturated heterocycles. The Morgan fingerprint density at radius 3 is 2.88 bits per heavy atom. The van der Waals surface area contributed by atoms with Crippen molar-refractivity contribution in [1.82, 2.24) is 4.90 Å². The number of amides is 1. The van der Waals surface area contributed by atoms with Gasteiger partial charge in [0.15, 0.2) is 0 Å². The van der Waals surface area contributed by atoms with Crippen molar-refractivity contribution < 1.29 is 14.4 Å². The van der Waals surface area contributed by atoms with E-state index in [1.54, 1.807) is 11.1 Å². The van der Waals surface area contributed by atoms with Gasteiger partial charge in [0.2, 0.25) is 5.91 Å². The van der Waals surface area contributed by atoms with Crippen LogP contribution in [0.2, 0.25) is 0 Å². The molecule has 0 N–H and O–H groups in total. The van der Waals surface area contributed by atoms with Crippen LogP contribution in [0.1, 0.15) is 32.6 Å². The first kappa shape index (κ1) is 12.7. The quantitative estimate of drug-likeness (QED) is 0.408. The molecule has 1 aliphatic heterocycles. The van der Waals surface area contributed by atoms with E-state index in [0.717, 1.165) is 19.3 Å². The lowest BCUT2D eigenvalue weighted by Gasteiger charge is -2.33. The molecule has 90 valence electrons. The highest BCUT2D eigenvalue weighted by Crippen LogP contribution is 2.16. The summed E-state index contributed by atoms with van der Waals surface area (Å²) in [5.41, 5.74) is 0. The Labute approximate surface area is 95.4 Å². The number of nitrogens with zero attached hydrogens (tertiary/aromatic N) is 2. The van der Waals surface area contributed by atoms with Crippen LogP contribution in [0.3, 0.4) is 0 Å². The summed E-state index contributed by atoms with van der Waals surface area (Å²) in [5.74, 6) is -0.210. The minimum atomic E-state index is -0.111. The number of oxime groups is 1. The third-order valence-electron chi connectivity index (χ3n) is 2.61. The van der Waals surface area contributed by atoms with E-state index in [0.29, 0.717) is 6.54 Å². The van der Waals surface area contributed by atoms with Crippen LogP contribution in [0.5, 0.6) is 0 Å². The standard InChI is InChI=1S/C11H18N2O3/c1-9(14)7-11(15)13-6-4-3-5-10(13)8-12-16-2/h8,10H,3-7H2,1-2H3/b12-8+. The van der Waals surface area contributed by atoms with Crippen LogP contribution in [-0.4, -0.2) is 42.5 Å². The fourth-order valence-corrected chi connectivity index (χ4v) is 1.87. The van der Waals surface area contributed by atoms with Crippen molar-refractivity contribution in [3.05, 3.63) is 0 Å². The highest BCUT2D eigenvalue weighted by atomic mass is 16.6. The van der Waals surface area contributed by atoms with Gasteiger partial charge in [-0.25, -0.2) is 0 Å². The molecule has 1 atom stereocenters. The van der Waals surface area contributed by atoms with E-state index >= 15 is 0 Å². The summed E-state index contributed by atoms with van der Waals surface area (Å²) in [5, 5.41) is 3.70. The van der Waals surface area contributed by atoms with Gasteiger partial charge >= 0.3 is 0 Å². The minimum Gasteiger partial charge on any atom is -0.399 e. The summed E-state index contributed by atoms with van der Waals surface area (Å²) >= 11 is 0. The van der Waals surface area contributed by atoms with Crippen molar-refractivity contribution in [1.29, 1.82) is 0 Å². The first-order valence-corrected chi connectivity index (χ1v) is 5.50. The Bertz CT molecular complexity index is 289. The van der Waals surface area contributed by atoms with Crippen molar-refractivity contribution >= 4 is 17.9 Å². The van der Waals surface area contributed by atoms with Gasteiger partial charge in [-0.05, 0) is 26.2 Å². The van der Waals surface area contributed by atoms with E-state index in [1.807, 2.05) is 0 Å². The van der Waals surface area contributed by atoms with Crippen LogP contribution in [0.15, 0.2) is 5.16 Å². The molecule has 0 aromatic rings. The molecule has 0 bridgehead atoms. The number of ketones is 1. The molecular weight excluding hydrogens is 208 g/mol. The minimum absolute atomic E-state index is 0.0165. The van der Waals surface area contributed by atoms with Crippen molar-refractivity contribution in [2.75, 3.05) is 13.7 Å². The highest BCUT2D eigenvalue weighted by Gasteiger charge is 2.25. The number of hydrogen-bond donors (Lipinski definition) is 0. The largest absolute Gasteiger partial charge is 0.399 e. The number of likely N-dealkylation sites (tertiary alicyclic amines) is 1. The maximum absolute atomic E-state index is 11.8. The molecule has 16 heavy (non-hydrogen) atoms. The number of carbonyl (C=O) groups is 2. The first-order valence-electron chi connectivity index (χ1n) is 5.50. The van der Waals surface area contributed by atoms with Crippen LogP contribution in [-0.2, 0) is 14.4 Å². The van der Waals surface area contributed by atoms with E-state index in [9.17, 15) is 9.59 Å². The van der Waals surface area contributed by atoms with Gasteiger partial charge in [0, 0.05) is 6.54 Å². The second-order valence-electron chi connectivity index (χ2n) is 3.97. The zero-order chi connectivity index (χ0) is 12.0. The number of carbonyl (C=O) groups excluding carboxylic acids is 2. The number of rotatable bonds is 4. The Morgan fingerprint density at radius 2 is 2.25 bits per heavy atom. The predicted octanol–water partition coefficient (Wildman–Crippen LogP) is 0.979. The van der Waals surface area contributed by atoms with Gasteiger partial charge in [-0.15, -0.1) is 0 Å². The first-order chi connectivity index (χ1) is 7.65. The molecule has 0 aromatic carbocycles. The molecule has 1 heterocycles. The monoisotopic (exact) mass is 226 g/mol. The SMILES string of the molecule is CO/N=C/C1CCCCN1C(=O)CC(C)=O. The maximum Gasteiger partial charge on any atom is 0.230 e. The van der Waals surface area contributed by atoms with E-state index in [-0.39, 0.29) is 24.2 Å². The second kappa shape index (κ2) is 6.25. The second-order valence-corrected chi connectivity index (χ2v) is 3.97. The molecule has 5 nitrogen and oxygen atoms in total. The van der Waals surface area contributed by atoms with Crippen molar-refractivity contribution in [2.24, 2.45) is 5.16 Å². The van der Waals surface area contributed by atoms with Crippen LogP contribution >= 0.6 is 0 Å². The normalized spacial score (nSPS) is 21.1. The van der Waals surface area contributed by atoms with Gasteiger partial charge in [-0.1, -0.05) is 5.16 Å². The third kappa shape index (κ3) is 3.64. The Kier molecular flexibility index (Phi) is 4.95. The fraction of sp³-hybridized carbons (Fsp3) is 0.727. The number of Topliss-reactive ketones (excluding diaryl/α,β-unsaturated/α-hetero) is 1. The summed E-state index contributed by atoms with van der Waals surface area (Å²) < 4.78 is 0. The Morgan fingerprint density at radius 1 is 1.50 bits per heavy atom. The average Bonchev–Trinajstić information content (AvgIpc) is 2.25. The lowest BCUT2D eigenvalue weighted by atomic mass is 10.0.